The van der Waals surface area contributed by atoms with Crippen LogP contribution in [0.3, 0.4) is 0 Å². The molecule has 134 valence electrons. The molecule has 0 aliphatic heterocycles. The fraction of sp³-hybridized carbons (Fsp3) is 0.235. The van der Waals surface area contributed by atoms with Crippen LogP contribution in [0.1, 0.15) is 12.5 Å². The largest absolute Gasteiger partial charge is 0.325 e. The Balaban J connectivity index is 2.15. The lowest BCUT2D eigenvalue weighted by molar-refractivity contribution is -0.116. The van der Waals surface area contributed by atoms with Gasteiger partial charge in [-0.15, -0.1) is 0 Å². The Morgan fingerprint density at radius 2 is 1.84 bits per heavy atom. The van der Waals surface area contributed by atoms with Gasteiger partial charge in [-0.3, -0.25) is 4.79 Å². The van der Waals surface area contributed by atoms with Crippen LogP contribution in [0.15, 0.2) is 51.8 Å². The Morgan fingerprint density at radius 3 is 2.40 bits per heavy atom. The third kappa shape index (κ3) is 5.04. The van der Waals surface area contributed by atoms with E-state index in [0.29, 0.717) is 10.7 Å². The molecule has 0 fully saturated rings. The summed E-state index contributed by atoms with van der Waals surface area (Å²) in [6.45, 7) is 3.43. The van der Waals surface area contributed by atoms with Gasteiger partial charge in [-0.05, 0) is 55.0 Å². The SMILES string of the molecule is CCN(CC(=O)Nc1ccc(Cl)cc1C)S(=O)(=O)c1ccc(Br)cc1. The fourth-order valence-electron chi connectivity index (χ4n) is 2.24. The van der Waals surface area contributed by atoms with Crippen LogP contribution < -0.4 is 5.32 Å². The lowest BCUT2D eigenvalue weighted by Gasteiger charge is -2.20. The molecule has 0 aliphatic rings. The van der Waals surface area contributed by atoms with Crippen LogP contribution in [0.2, 0.25) is 5.02 Å². The van der Waals surface area contributed by atoms with Crippen LogP contribution in [0.4, 0.5) is 5.69 Å². The van der Waals surface area contributed by atoms with Gasteiger partial charge in [0, 0.05) is 21.7 Å². The van der Waals surface area contributed by atoms with Crippen molar-refractivity contribution < 1.29 is 13.2 Å². The number of nitrogens with one attached hydrogen (secondary N) is 1. The molecular formula is C17H18BrClN2O3S. The number of nitrogens with zero attached hydrogens (tertiary/aromatic N) is 1. The molecule has 1 N–H and O–H groups in total. The predicted octanol–water partition coefficient (Wildman–Crippen LogP) is 4.06. The first-order valence-corrected chi connectivity index (χ1v) is 10.2. The van der Waals surface area contributed by atoms with E-state index in [-0.39, 0.29) is 18.0 Å². The molecular weight excluding hydrogens is 428 g/mol. The zero-order valence-corrected chi connectivity index (χ0v) is 17.0. The van der Waals surface area contributed by atoms with Gasteiger partial charge in [0.2, 0.25) is 15.9 Å². The van der Waals surface area contributed by atoms with E-state index in [1.807, 2.05) is 6.92 Å². The van der Waals surface area contributed by atoms with E-state index in [1.54, 1.807) is 37.3 Å². The van der Waals surface area contributed by atoms with Gasteiger partial charge in [-0.25, -0.2) is 8.42 Å². The van der Waals surface area contributed by atoms with Crippen molar-refractivity contribution in [1.82, 2.24) is 4.31 Å². The summed E-state index contributed by atoms with van der Waals surface area (Å²) in [5.41, 5.74) is 1.41. The number of carbonyl (C=O) groups excluding carboxylic acids is 1. The molecule has 25 heavy (non-hydrogen) atoms. The summed E-state index contributed by atoms with van der Waals surface area (Å²) in [5, 5.41) is 3.30. The Bertz CT molecular complexity index is 870. The minimum atomic E-state index is -3.74. The van der Waals surface area contributed by atoms with Gasteiger partial charge in [-0.1, -0.05) is 34.5 Å². The maximum absolute atomic E-state index is 12.7. The van der Waals surface area contributed by atoms with Crippen molar-refractivity contribution in [3.8, 4) is 0 Å². The number of aryl methyl sites for hydroxylation is 1. The van der Waals surface area contributed by atoms with E-state index < -0.39 is 15.9 Å². The van der Waals surface area contributed by atoms with E-state index >= 15 is 0 Å². The summed E-state index contributed by atoms with van der Waals surface area (Å²) in [7, 11) is -3.74. The monoisotopic (exact) mass is 444 g/mol. The summed E-state index contributed by atoms with van der Waals surface area (Å²) in [5.74, 6) is -0.409. The zero-order chi connectivity index (χ0) is 18.6. The molecule has 0 saturated carbocycles. The second kappa shape index (κ2) is 8.31. The van der Waals surface area contributed by atoms with Crippen LogP contribution in [0.25, 0.3) is 0 Å². The maximum atomic E-state index is 12.7. The average Bonchev–Trinajstić information content (AvgIpc) is 2.55. The third-order valence-electron chi connectivity index (χ3n) is 3.59. The highest BCUT2D eigenvalue weighted by Crippen LogP contribution is 2.21. The van der Waals surface area contributed by atoms with E-state index in [0.717, 1.165) is 14.3 Å². The average molecular weight is 446 g/mol. The fourth-order valence-corrected chi connectivity index (χ4v) is 4.14. The molecule has 2 aromatic rings. The molecule has 2 rings (SSSR count). The molecule has 8 heteroatoms. The van der Waals surface area contributed by atoms with Gasteiger partial charge in [0.25, 0.3) is 0 Å². The second-order valence-corrected chi connectivity index (χ2v) is 8.68. The highest BCUT2D eigenvalue weighted by molar-refractivity contribution is 9.10. The van der Waals surface area contributed by atoms with Gasteiger partial charge in [-0.2, -0.15) is 4.31 Å². The van der Waals surface area contributed by atoms with Crippen LogP contribution in [-0.2, 0) is 14.8 Å². The number of hydrogen-bond donors (Lipinski definition) is 1. The lowest BCUT2D eigenvalue weighted by atomic mass is 10.2. The quantitative estimate of drug-likeness (QED) is 0.729. The first-order chi connectivity index (χ1) is 11.7. The molecule has 5 nitrogen and oxygen atoms in total. The van der Waals surface area contributed by atoms with Crippen molar-refractivity contribution in [1.29, 1.82) is 0 Å². The van der Waals surface area contributed by atoms with Crippen molar-refractivity contribution in [2.45, 2.75) is 18.7 Å². The molecule has 0 heterocycles. The van der Waals surface area contributed by atoms with E-state index in [4.69, 9.17) is 11.6 Å². The molecule has 0 atom stereocenters. The zero-order valence-electron chi connectivity index (χ0n) is 13.8. The third-order valence-corrected chi connectivity index (χ3v) is 6.29. The van der Waals surface area contributed by atoms with Crippen molar-refractivity contribution in [3.63, 3.8) is 0 Å². The van der Waals surface area contributed by atoms with Crippen molar-refractivity contribution in [2.75, 3.05) is 18.4 Å². The number of likely N-dealkylation sites (N-methyl/N-ethyl adjacent to an activating group) is 1. The van der Waals surface area contributed by atoms with Crippen molar-refractivity contribution >= 4 is 49.1 Å². The minimum Gasteiger partial charge on any atom is -0.325 e. The summed E-state index contributed by atoms with van der Waals surface area (Å²) >= 11 is 9.17. The number of carbonyl (C=O) groups is 1. The Morgan fingerprint density at radius 1 is 1.20 bits per heavy atom. The van der Waals surface area contributed by atoms with Crippen LogP contribution in [0, 0.1) is 6.92 Å². The standard InChI is InChI=1S/C17H18BrClN2O3S/c1-3-21(25(23,24)15-7-4-13(18)5-8-15)11-17(22)20-16-9-6-14(19)10-12(16)2/h4-10H,3,11H2,1-2H3,(H,20,22). The number of rotatable bonds is 6. The van der Waals surface area contributed by atoms with E-state index in [2.05, 4.69) is 21.2 Å². The first kappa shape index (κ1) is 19.9. The molecule has 0 radical (unpaired) electrons. The van der Waals surface area contributed by atoms with Crippen LogP contribution in [0.5, 0.6) is 0 Å². The van der Waals surface area contributed by atoms with Crippen LogP contribution in [-0.4, -0.2) is 31.7 Å². The lowest BCUT2D eigenvalue weighted by Crippen LogP contribution is -2.37. The second-order valence-electron chi connectivity index (χ2n) is 5.39. The highest BCUT2D eigenvalue weighted by Gasteiger charge is 2.25. The van der Waals surface area contributed by atoms with Crippen molar-refractivity contribution in [2.24, 2.45) is 0 Å². The molecule has 0 saturated heterocycles. The summed E-state index contributed by atoms with van der Waals surface area (Å²) < 4.78 is 27.3. The van der Waals surface area contributed by atoms with Gasteiger partial charge >= 0.3 is 0 Å². The van der Waals surface area contributed by atoms with Crippen molar-refractivity contribution in [3.05, 3.63) is 57.5 Å². The molecule has 0 unspecified atom stereocenters. The number of anilines is 1. The molecule has 0 aliphatic carbocycles. The molecule has 0 spiro atoms. The number of amides is 1. The van der Waals surface area contributed by atoms with E-state index in [1.165, 1.54) is 12.1 Å². The van der Waals surface area contributed by atoms with Gasteiger partial charge in [0.15, 0.2) is 0 Å². The number of hydrogen-bond acceptors (Lipinski definition) is 3. The predicted molar refractivity (Wildman–Crippen MR) is 103 cm³/mol. The summed E-state index contributed by atoms with van der Waals surface area (Å²) in [6, 6.07) is 11.4. The smallest absolute Gasteiger partial charge is 0.243 e. The number of benzene rings is 2. The van der Waals surface area contributed by atoms with Gasteiger partial charge in [0.05, 0.1) is 11.4 Å². The Hall–Kier alpha value is -1.41. The summed E-state index contributed by atoms with van der Waals surface area (Å²) in [4.78, 5) is 12.4. The molecule has 2 aromatic carbocycles. The Kier molecular flexibility index (Phi) is 6.62. The molecule has 0 aromatic heterocycles. The number of halogens is 2. The van der Waals surface area contributed by atoms with Gasteiger partial charge < -0.3 is 5.32 Å². The topological polar surface area (TPSA) is 66.5 Å². The molecule has 1 amide bonds. The summed E-state index contributed by atoms with van der Waals surface area (Å²) in [6.07, 6.45) is 0. The highest BCUT2D eigenvalue weighted by atomic mass is 79.9. The maximum Gasteiger partial charge on any atom is 0.243 e. The van der Waals surface area contributed by atoms with E-state index in [9.17, 15) is 13.2 Å². The first-order valence-electron chi connectivity index (χ1n) is 7.55. The minimum absolute atomic E-state index is 0.146. The normalized spacial score (nSPS) is 11.6. The van der Waals surface area contributed by atoms with Crippen LogP contribution >= 0.6 is 27.5 Å². The Labute approximate surface area is 161 Å². The molecule has 0 bridgehead atoms. The van der Waals surface area contributed by atoms with Gasteiger partial charge in [0.1, 0.15) is 0 Å². The number of sulfonamides is 1.